The van der Waals surface area contributed by atoms with Gasteiger partial charge in [0.05, 0.1) is 12.8 Å². The van der Waals surface area contributed by atoms with Gasteiger partial charge in [0.15, 0.2) is 0 Å². The van der Waals surface area contributed by atoms with Crippen LogP contribution in [0.2, 0.25) is 0 Å². The molecular formula is C15H18N2OS. The van der Waals surface area contributed by atoms with E-state index in [9.17, 15) is 0 Å². The second-order valence-corrected chi connectivity index (χ2v) is 5.15. The van der Waals surface area contributed by atoms with Gasteiger partial charge >= 0.3 is 0 Å². The van der Waals surface area contributed by atoms with Gasteiger partial charge in [-0.3, -0.25) is 5.10 Å². The minimum atomic E-state index is 0.684. The molecule has 1 aromatic heterocycles. The van der Waals surface area contributed by atoms with Gasteiger partial charge in [0, 0.05) is 5.56 Å². The molecule has 0 fully saturated rings. The van der Waals surface area contributed by atoms with Crippen LogP contribution in [0.5, 0.6) is 5.75 Å². The number of rotatable bonds is 2. The van der Waals surface area contributed by atoms with Crippen LogP contribution in [0.15, 0.2) is 12.1 Å². The van der Waals surface area contributed by atoms with Crippen LogP contribution in [-0.2, 0) is 0 Å². The highest BCUT2D eigenvalue weighted by Gasteiger charge is 2.15. The summed E-state index contributed by atoms with van der Waals surface area (Å²) < 4.78 is 6.24. The van der Waals surface area contributed by atoms with Gasteiger partial charge in [-0.2, -0.15) is 5.10 Å². The zero-order valence-corrected chi connectivity index (χ0v) is 12.7. The first kappa shape index (κ1) is 13.7. The maximum atomic E-state index is 5.56. The molecule has 0 saturated carbocycles. The van der Waals surface area contributed by atoms with Gasteiger partial charge in [0.1, 0.15) is 10.4 Å². The SMILES string of the molecule is COc1c(-c2n[nH]c(=S)c(C)c2C)ccc(C)c1C. The van der Waals surface area contributed by atoms with Gasteiger partial charge in [0.2, 0.25) is 0 Å². The van der Waals surface area contributed by atoms with Gasteiger partial charge in [0.25, 0.3) is 0 Å². The number of nitrogens with zero attached hydrogens (tertiary/aromatic N) is 1. The fourth-order valence-electron chi connectivity index (χ4n) is 2.12. The summed E-state index contributed by atoms with van der Waals surface area (Å²) >= 11 is 5.21. The number of benzene rings is 1. The van der Waals surface area contributed by atoms with Crippen molar-refractivity contribution in [1.82, 2.24) is 10.2 Å². The van der Waals surface area contributed by atoms with Gasteiger partial charge < -0.3 is 4.74 Å². The number of ether oxygens (including phenoxy) is 1. The molecule has 1 N–H and O–H groups in total. The molecule has 0 atom stereocenters. The first-order valence-corrected chi connectivity index (χ1v) is 6.58. The van der Waals surface area contributed by atoms with E-state index in [1.165, 1.54) is 5.56 Å². The molecule has 0 aliphatic heterocycles. The molecule has 1 heterocycles. The Morgan fingerprint density at radius 2 is 1.74 bits per heavy atom. The summed E-state index contributed by atoms with van der Waals surface area (Å²) in [6.45, 7) is 8.18. The lowest BCUT2D eigenvalue weighted by atomic mass is 9.98. The van der Waals surface area contributed by atoms with Crippen molar-refractivity contribution in [2.75, 3.05) is 7.11 Å². The summed E-state index contributed by atoms with van der Waals surface area (Å²) in [7, 11) is 1.69. The number of H-pyrrole nitrogens is 1. The summed E-state index contributed by atoms with van der Waals surface area (Å²) in [5.41, 5.74) is 6.38. The normalized spacial score (nSPS) is 10.6. The van der Waals surface area contributed by atoms with Crippen LogP contribution in [0.1, 0.15) is 22.3 Å². The molecule has 0 radical (unpaired) electrons. The number of hydrogen-bond donors (Lipinski definition) is 1. The lowest BCUT2D eigenvalue weighted by molar-refractivity contribution is 0.412. The molecule has 0 unspecified atom stereocenters. The number of aromatic nitrogens is 2. The first-order chi connectivity index (χ1) is 8.97. The quantitative estimate of drug-likeness (QED) is 0.840. The van der Waals surface area contributed by atoms with E-state index in [4.69, 9.17) is 17.0 Å². The summed E-state index contributed by atoms with van der Waals surface area (Å²) in [5.74, 6) is 0.875. The molecule has 4 heteroatoms. The van der Waals surface area contributed by atoms with Crippen LogP contribution in [0.25, 0.3) is 11.3 Å². The molecule has 0 amide bonds. The Bertz CT molecular complexity index is 689. The van der Waals surface area contributed by atoms with E-state index in [1.54, 1.807) is 7.11 Å². The third kappa shape index (κ3) is 2.28. The third-order valence-corrected chi connectivity index (χ3v) is 4.06. The number of methoxy groups -OCH3 is 1. The van der Waals surface area contributed by atoms with E-state index in [-0.39, 0.29) is 0 Å². The van der Waals surface area contributed by atoms with Gasteiger partial charge in [-0.25, -0.2) is 0 Å². The van der Waals surface area contributed by atoms with Crippen molar-refractivity contribution >= 4 is 12.2 Å². The van der Waals surface area contributed by atoms with Crippen molar-refractivity contribution in [3.05, 3.63) is 39.0 Å². The van der Waals surface area contributed by atoms with E-state index in [0.29, 0.717) is 4.64 Å². The maximum absolute atomic E-state index is 5.56. The molecule has 0 aliphatic rings. The van der Waals surface area contributed by atoms with Crippen LogP contribution >= 0.6 is 12.2 Å². The number of nitrogens with one attached hydrogen (secondary N) is 1. The first-order valence-electron chi connectivity index (χ1n) is 6.17. The average Bonchev–Trinajstić information content (AvgIpc) is 2.40. The number of aromatic amines is 1. The fourth-order valence-corrected chi connectivity index (χ4v) is 2.32. The highest BCUT2D eigenvalue weighted by atomic mass is 32.1. The molecule has 100 valence electrons. The van der Waals surface area contributed by atoms with Crippen LogP contribution in [-0.4, -0.2) is 17.3 Å². The lowest BCUT2D eigenvalue weighted by Crippen LogP contribution is -2.00. The summed E-state index contributed by atoms with van der Waals surface area (Å²) in [5, 5.41) is 7.28. The predicted octanol–water partition coefficient (Wildman–Crippen LogP) is 4.05. The summed E-state index contributed by atoms with van der Waals surface area (Å²) in [6.07, 6.45) is 0. The molecule has 1 aromatic carbocycles. The zero-order valence-electron chi connectivity index (χ0n) is 11.9. The van der Waals surface area contributed by atoms with Gasteiger partial charge in [-0.05, 0) is 56.0 Å². The Kier molecular flexibility index (Phi) is 3.71. The standard InChI is InChI=1S/C15H18N2OS/c1-8-6-7-12(14(18-5)9(8)2)13-10(3)11(4)15(19)17-16-13/h6-7H,1-5H3,(H,17,19). The molecule has 0 bridgehead atoms. The van der Waals surface area contributed by atoms with Gasteiger partial charge in [-0.1, -0.05) is 18.3 Å². The van der Waals surface area contributed by atoms with Crippen molar-refractivity contribution in [3.8, 4) is 17.0 Å². The smallest absolute Gasteiger partial charge is 0.131 e. The minimum Gasteiger partial charge on any atom is -0.496 e. The van der Waals surface area contributed by atoms with Crippen LogP contribution in [0.3, 0.4) is 0 Å². The van der Waals surface area contributed by atoms with Gasteiger partial charge in [-0.15, -0.1) is 0 Å². The van der Waals surface area contributed by atoms with Crippen LogP contribution in [0, 0.1) is 32.3 Å². The second-order valence-electron chi connectivity index (χ2n) is 4.74. The molecular weight excluding hydrogens is 256 g/mol. The Morgan fingerprint density at radius 3 is 2.37 bits per heavy atom. The Morgan fingerprint density at radius 1 is 1.05 bits per heavy atom. The highest BCUT2D eigenvalue weighted by molar-refractivity contribution is 7.71. The molecule has 2 aromatic rings. The van der Waals surface area contributed by atoms with Crippen molar-refractivity contribution < 1.29 is 4.74 Å². The fraction of sp³-hybridized carbons (Fsp3) is 0.333. The van der Waals surface area contributed by atoms with Crippen molar-refractivity contribution in [1.29, 1.82) is 0 Å². The number of hydrogen-bond acceptors (Lipinski definition) is 3. The zero-order chi connectivity index (χ0) is 14.2. The Hall–Kier alpha value is -1.68. The largest absolute Gasteiger partial charge is 0.496 e. The molecule has 0 saturated heterocycles. The van der Waals surface area contributed by atoms with Crippen LogP contribution in [0.4, 0.5) is 0 Å². The Balaban J connectivity index is 2.76. The highest BCUT2D eigenvalue weighted by Crippen LogP contribution is 2.35. The Labute approximate surface area is 118 Å². The summed E-state index contributed by atoms with van der Waals surface area (Å²) in [6, 6.07) is 4.14. The number of aryl methyl sites for hydroxylation is 1. The molecule has 3 nitrogen and oxygen atoms in total. The maximum Gasteiger partial charge on any atom is 0.131 e. The topological polar surface area (TPSA) is 37.9 Å². The van der Waals surface area contributed by atoms with E-state index < -0.39 is 0 Å². The second kappa shape index (κ2) is 5.13. The molecule has 19 heavy (non-hydrogen) atoms. The van der Waals surface area contributed by atoms with E-state index >= 15 is 0 Å². The summed E-state index contributed by atoms with van der Waals surface area (Å²) in [4.78, 5) is 0. The molecule has 0 spiro atoms. The van der Waals surface area contributed by atoms with Crippen LogP contribution < -0.4 is 4.74 Å². The average molecular weight is 274 g/mol. The predicted molar refractivity (Wildman–Crippen MR) is 80.4 cm³/mol. The van der Waals surface area contributed by atoms with Crippen molar-refractivity contribution in [3.63, 3.8) is 0 Å². The molecule has 0 aliphatic carbocycles. The minimum absolute atomic E-state index is 0.684. The third-order valence-electron chi connectivity index (χ3n) is 3.66. The van der Waals surface area contributed by atoms with E-state index in [0.717, 1.165) is 33.7 Å². The van der Waals surface area contributed by atoms with E-state index in [1.807, 2.05) is 19.9 Å². The molecule has 2 rings (SSSR count). The van der Waals surface area contributed by atoms with Crippen molar-refractivity contribution in [2.24, 2.45) is 0 Å². The monoisotopic (exact) mass is 274 g/mol. The van der Waals surface area contributed by atoms with E-state index in [2.05, 4.69) is 30.1 Å². The lowest BCUT2D eigenvalue weighted by Gasteiger charge is -2.15. The van der Waals surface area contributed by atoms with Crippen molar-refractivity contribution in [2.45, 2.75) is 27.7 Å².